The number of nitrogens with zero attached hydrogens (tertiary/aromatic N) is 3. The fraction of sp³-hybridized carbons (Fsp3) is 0.538. The fourth-order valence-corrected chi connectivity index (χ4v) is 6.23. The van der Waals surface area contributed by atoms with Crippen LogP contribution in [0.2, 0.25) is 0 Å². The minimum atomic E-state index is -2.75. The number of aromatic hydroxyl groups is 1. The lowest BCUT2D eigenvalue weighted by Gasteiger charge is -2.52. The molecule has 12 heteroatoms. The van der Waals surface area contributed by atoms with Gasteiger partial charge in [-0.1, -0.05) is 5.16 Å². The van der Waals surface area contributed by atoms with E-state index in [0.29, 0.717) is 16.8 Å². The summed E-state index contributed by atoms with van der Waals surface area (Å²) in [6.07, 6.45) is 0.127. The van der Waals surface area contributed by atoms with E-state index in [1.807, 2.05) is 0 Å². The Labute approximate surface area is 219 Å². The van der Waals surface area contributed by atoms with Gasteiger partial charge in [0.25, 0.3) is 0 Å². The molecule has 0 radical (unpaired) electrons. The number of rotatable bonds is 6. The third-order valence-electron chi connectivity index (χ3n) is 7.85. The molecular formula is C26H32N4O8. The van der Waals surface area contributed by atoms with Crippen LogP contribution in [-0.2, 0) is 30.4 Å². The van der Waals surface area contributed by atoms with Crippen LogP contribution in [0.25, 0.3) is 0 Å². The van der Waals surface area contributed by atoms with Gasteiger partial charge >= 0.3 is 0 Å². The number of fused-ring (bicyclic) bond motifs is 3. The Morgan fingerprint density at radius 1 is 1.16 bits per heavy atom. The molecule has 1 amide bonds. The molecule has 12 nitrogen and oxygen atoms in total. The van der Waals surface area contributed by atoms with Crippen molar-refractivity contribution in [3.63, 3.8) is 0 Å². The van der Waals surface area contributed by atoms with Crippen molar-refractivity contribution in [1.82, 2.24) is 9.80 Å². The molecule has 2 saturated carbocycles. The average Bonchev–Trinajstić information content (AvgIpc) is 2.80. The first-order valence-corrected chi connectivity index (χ1v) is 12.2. The van der Waals surface area contributed by atoms with Crippen LogP contribution in [-0.4, -0.2) is 101 Å². The summed E-state index contributed by atoms with van der Waals surface area (Å²) in [5, 5.41) is 26.3. The number of ketones is 4. The average molecular weight is 529 g/mol. The fourth-order valence-electron chi connectivity index (χ4n) is 6.23. The van der Waals surface area contributed by atoms with E-state index < -0.39 is 64.4 Å². The molecule has 0 aliphatic heterocycles. The van der Waals surface area contributed by atoms with Gasteiger partial charge in [-0.15, -0.1) is 0 Å². The molecule has 2 fully saturated rings. The molecule has 1 aromatic carbocycles. The normalized spacial score (nSPS) is 31.3. The van der Waals surface area contributed by atoms with Crippen LogP contribution in [0.1, 0.15) is 34.8 Å². The Balaban J connectivity index is 1.82. The number of carbonyl (C=O) groups is 5. The van der Waals surface area contributed by atoms with Crippen LogP contribution in [0.4, 0.5) is 0 Å². The quantitative estimate of drug-likeness (QED) is 0.182. The minimum absolute atomic E-state index is 0.0215. The molecule has 3 aliphatic carbocycles. The van der Waals surface area contributed by atoms with Gasteiger partial charge in [0.05, 0.1) is 23.2 Å². The van der Waals surface area contributed by atoms with Gasteiger partial charge in [0.1, 0.15) is 5.75 Å². The van der Waals surface area contributed by atoms with Gasteiger partial charge in [0.2, 0.25) is 5.91 Å². The van der Waals surface area contributed by atoms with E-state index in [-0.39, 0.29) is 30.9 Å². The highest BCUT2D eigenvalue weighted by atomic mass is 16.6. The second kappa shape index (κ2) is 9.68. The van der Waals surface area contributed by atoms with Crippen molar-refractivity contribution in [3.8, 4) is 5.75 Å². The summed E-state index contributed by atoms with van der Waals surface area (Å²) in [4.78, 5) is 74.6. The van der Waals surface area contributed by atoms with Crippen LogP contribution >= 0.6 is 0 Å². The number of primary amides is 1. The molecule has 0 saturated heterocycles. The summed E-state index contributed by atoms with van der Waals surface area (Å²) in [7, 11) is 6.69. The number of nitrogens with two attached hydrogens (primary N) is 1. The van der Waals surface area contributed by atoms with Gasteiger partial charge in [0.15, 0.2) is 41.4 Å². The van der Waals surface area contributed by atoms with E-state index in [1.165, 1.54) is 11.0 Å². The summed E-state index contributed by atoms with van der Waals surface area (Å²) < 4.78 is 0. The SMILES string of the molecule is CC(=NOCN(C)C)c1ccc(O)c2c1CC1CC3C(N(C)C)C(=O)C(C(N)=O)C(=O)C3(O)C(=O)C1C2=O. The van der Waals surface area contributed by atoms with Crippen molar-refractivity contribution < 1.29 is 39.0 Å². The molecule has 3 aliphatic rings. The second-order valence-corrected chi connectivity index (χ2v) is 10.8. The summed E-state index contributed by atoms with van der Waals surface area (Å²) in [6.45, 7) is 1.91. The van der Waals surface area contributed by atoms with E-state index in [2.05, 4.69) is 5.16 Å². The molecule has 0 aromatic heterocycles. The van der Waals surface area contributed by atoms with Crippen molar-refractivity contribution >= 4 is 34.8 Å². The van der Waals surface area contributed by atoms with Crippen LogP contribution < -0.4 is 5.73 Å². The highest BCUT2D eigenvalue weighted by Crippen LogP contribution is 2.51. The number of hydrogen-bond donors (Lipinski definition) is 3. The molecular weight excluding hydrogens is 496 g/mol. The topological polar surface area (TPSA) is 180 Å². The molecule has 6 unspecified atom stereocenters. The number of oxime groups is 1. The maximum Gasteiger partial charge on any atom is 0.235 e. The maximum absolute atomic E-state index is 13.8. The van der Waals surface area contributed by atoms with E-state index in [9.17, 15) is 34.2 Å². The third-order valence-corrected chi connectivity index (χ3v) is 7.85. The van der Waals surface area contributed by atoms with Crippen LogP contribution in [0.5, 0.6) is 5.75 Å². The predicted molar refractivity (Wildman–Crippen MR) is 133 cm³/mol. The molecule has 0 heterocycles. The van der Waals surface area contributed by atoms with Gasteiger partial charge in [0, 0.05) is 11.5 Å². The maximum atomic E-state index is 13.8. The number of phenolic OH excluding ortho intramolecular Hbond substituents is 1. The number of benzene rings is 1. The molecule has 4 rings (SSSR count). The first kappa shape index (κ1) is 27.6. The molecule has 0 bridgehead atoms. The Hall–Kier alpha value is -3.48. The molecule has 204 valence electrons. The number of likely N-dealkylation sites (N-methyl/N-ethyl adjacent to an activating group) is 1. The van der Waals surface area contributed by atoms with Crippen molar-refractivity contribution in [1.29, 1.82) is 0 Å². The summed E-state index contributed by atoms with van der Waals surface area (Å²) in [6, 6.07) is 1.77. The molecule has 6 atom stereocenters. The number of hydrogen-bond acceptors (Lipinski definition) is 11. The molecule has 1 aromatic rings. The zero-order valence-corrected chi connectivity index (χ0v) is 21.9. The van der Waals surface area contributed by atoms with Gasteiger partial charge in [-0.3, -0.25) is 33.8 Å². The van der Waals surface area contributed by atoms with Crippen molar-refractivity contribution in [2.75, 3.05) is 34.9 Å². The number of carbonyl (C=O) groups excluding carboxylic acids is 5. The van der Waals surface area contributed by atoms with Gasteiger partial charge < -0.3 is 20.8 Å². The largest absolute Gasteiger partial charge is 0.507 e. The van der Waals surface area contributed by atoms with Gasteiger partial charge in [-0.25, -0.2) is 0 Å². The number of amides is 1. The van der Waals surface area contributed by atoms with Crippen molar-refractivity contribution in [2.24, 2.45) is 34.6 Å². The third kappa shape index (κ3) is 4.03. The lowest BCUT2D eigenvalue weighted by Crippen LogP contribution is -2.74. The minimum Gasteiger partial charge on any atom is -0.507 e. The lowest BCUT2D eigenvalue weighted by atomic mass is 9.52. The zero-order valence-electron chi connectivity index (χ0n) is 21.9. The Morgan fingerprint density at radius 2 is 1.82 bits per heavy atom. The summed E-state index contributed by atoms with van der Waals surface area (Å²) >= 11 is 0. The summed E-state index contributed by atoms with van der Waals surface area (Å²) in [5.74, 6) is -10.8. The monoisotopic (exact) mass is 528 g/mol. The van der Waals surface area contributed by atoms with Crippen LogP contribution in [0.15, 0.2) is 17.3 Å². The van der Waals surface area contributed by atoms with E-state index in [4.69, 9.17) is 10.6 Å². The lowest BCUT2D eigenvalue weighted by molar-refractivity contribution is -0.181. The summed E-state index contributed by atoms with van der Waals surface area (Å²) in [5.41, 5.74) is 3.96. The van der Waals surface area contributed by atoms with Gasteiger partial charge in [-0.2, -0.15) is 0 Å². The Bertz CT molecular complexity index is 1270. The smallest absolute Gasteiger partial charge is 0.235 e. The first-order valence-electron chi connectivity index (χ1n) is 12.2. The molecule has 4 N–H and O–H groups in total. The van der Waals surface area contributed by atoms with E-state index in [1.54, 1.807) is 46.1 Å². The van der Waals surface area contributed by atoms with E-state index >= 15 is 0 Å². The van der Waals surface area contributed by atoms with Crippen molar-refractivity contribution in [2.45, 2.75) is 31.4 Å². The Morgan fingerprint density at radius 3 is 2.39 bits per heavy atom. The van der Waals surface area contributed by atoms with E-state index in [0.717, 1.165) is 0 Å². The van der Waals surface area contributed by atoms with Gasteiger partial charge in [-0.05, 0) is 71.6 Å². The molecule has 0 spiro atoms. The highest BCUT2D eigenvalue weighted by molar-refractivity contribution is 6.32. The Kier molecular flexibility index (Phi) is 7.02. The molecule has 38 heavy (non-hydrogen) atoms. The second-order valence-electron chi connectivity index (χ2n) is 10.8. The number of aliphatic hydroxyl groups is 1. The van der Waals surface area contributed by atoms with Crippen molar-refractivity contribution in [3.05, 3.63) is 28.8 Å². The number of Topliss-reactive ketones (excluding diaryl/α,β-unsaturated/α-hetero) is 4. The van der Waals surface area contributed by atoms with Crippen LogP contribution in [0.3, 0.4) is 0 Å². The highest BCUT2D eigenvalue weighted by Gasteiger charge is 2.69. The predicted octanol–water partition coefficient (Wildman–Crippen LogP) is -0.873. The number of phenols is 1. The van der Waals surface area contributed by atoms with Crippen LogP contribution in [0, 0.1) is 23.7 Å². The zero-order chi connectivity index (χ0) is 28.3. The first-order chi connectivity index (χ1) is 17.7. The standard InChI is InChI=1S/C26H32N4O8/c1-11(28-38-10-29(2)3)13-6-7-16(31)18-14(13)8-12-9-15-20(30(4)5)22(33)19(25(27)36)24(35)26(15,37)23(34)17(12)21(18)32/h6-7,12,15,17,19-20,31,37H,8-10H2,1-5H3,(H2,27,36).